The van der Waals surface area contributed by atoms with Gasteiger partial charge in [0.15, 0.2) is 5.76 Å². The SMILES string of the molecule is O=C(NC(C1=CC=CCC1)C1=COC=CO1)c1ccc(Br)c([N+](=O)[O-])c1. The van der Waals surface area contributed by atoms with Gasteiger partial charge in [0.05, 0.1) is 9.40 Å². The number of nitro benzene ring substituents is 1. The number of nitro groups is 1. The summed E-state index contributed by atoms with van der Waals surface area (Å²) < 4.78 is 10.9. The summed E-state index contributed by atoms with van der Waals surface area (Å²) in [5.41, 5.74) is 0.968. The van der Waals surface area contributed by atoms with E-state index >= 15 is 0 Å². The van der Waals surface area contributed by atoms with E-state index in [1.54, 1.807) is 0 Å². The number of allylic oxidation sites excluding steroid dienone is 3. The third-order valence-electron chi connectivity index (χ3n) is 3.90. The van der Waals surface area contributed by atoms with Gasteiger partial charge in [0, 0.05) is 11.6 Å². The molecule has 1 atom stereocenters. The molecule has 1 aromatic carbocycles. The minimum Gasteiger partial charge on any atom is -0.466 e. The first-order chi connectivity index (χ1) is 12.6. The van der Waals surface area contributed by atoms with Gasteiger partial charge in [-0.3, -0.25) is 14.9 Å². The van der Waals surface area contributed by atoms with Crippen LogP contribution in [0.15, 0.2) is 71.0 Å². The number of carbonyl (C=O) groups is 1. The van der Waals surface area contributed by atoms with Crippen molar-refractivity contribution in [3.05, 3.63) is 86.7 Å². The van der Waals surface area contributed by atoms with E-state index in [1.807, 2.05) is 18.2 Å². The van der Waals surface area contributed by atoms with Gasteiger partial charge in [0.25, 0.3) is 11.6 Å². The summed E-state index contributed by atoms with van der Waals surface area (Å²) >= 11 is 3.11. The van der Waals surface area contributed by atoms with E-state index in [0.29, 0.717) is 10.2 Å². The van der Waals surface area contributed by atoms with Crippen LogP contribution in [-0.2, 0) is 9.47 Å². The molecule has 134 valence electrons. The van der Waals surface area contributed by atoms with E-state index < -0.39 is 16.9 Å². The highest BCUT2D eigenvalue weighted by molar-refractivity contribution is 9.10. The van der Waals surface area contributed by atoms with E-state index in [4.69, 9.17) is 9.47 Å². The molecule has 1 unspecified atom stereocenters. The Morgan fingerprint density at radius 3 is 2.85 bits per heavy atom. The summed E-state index contributed by atoms with van der Waals surface area (Å²) in [6.07, 6.45) is 11.7. The highest BCUT2D eigenvalue weighted by Crippen LogP contribution is 2.27. The van der Waals surface area contributed by atoms with Crippen molar-refractivity contribution in [2.45, 2.75) is 18.9 Å². The molecule has 0 saturated carbocycles. The molecule has 1 heterocycles. The summed E-state index contributed by atoms with van der Waals surface area (Å²) in [6.45, 7) is 0. The molecule has 1 aliphatic carbocycles. The zero-order valence-corrected chi connectivity index (χ0v) is 15.1. The number of benzene rings is 1. The molecule has 0 aromatic heterocycles. The predicted octanol–water partition coefficient (Wildman–Crippen LogP) is 4.09. The van der Waals surface area contributed by atoms with Crippen molar-refractivity contribution < 1.29 is 19.2 Å². The average molecular weight is 419 g/mol. The Balaban J connectivity index is 1.86. The first-order valence-electron chi connectivity index (χ1n) is 7.84. The minimum atomic E-state index is -0.543. The van der Waals surface area contributed by atoms with Crippen LogP contribution < -0.4 is 5.32 Å². The minimum absolute atomic E-state index is 0.173. The van der Waals surface area contributed by atoms with Gasteiger partial charge in [0.2, 0.25) is 0 Å². The Labute approximate surface area is 157 Å². The normalized spacial score (nSPS) is 16.7. The fourth-order valence-electron chi connectivity index (χ4n) is 2.63. The van der Waals surface area contributed by atoms with E-state index in [0.717, 1.165) is 18.4 Å². The van der Waals surface area contributed by atoms with Crippen molar-refractivity contribution >= 4 is 27.5 Å². The fraction of sp³-hybridized carbons (Fsp3) is 0.167. The Kier molecular flexibility index (Phi) is 5.52. The Morgan fingerprint density at radius 1 is 1.35 bits per heavy atom. The van der Waals surface area contributed by atoms with Crippen molar-refractivity contribution in [2.24, 2.45) is 0 Å². The number of hydrogen-bond acceptors (Lipinski definition) is 5. The highest BCUT2D eigenvalue weighted by Gasteiger charge is 2.26. The summed E-state index contributed by atoms with van der Waals surface area (Å²) in [6, 6.07) is 3.70. The van der Waals surface area contributed by atoms with Gasteiger partial charge in [0.1, 0.15) is 24.8 Å². The van der Waals surface area contributed by atoms with Crippen molar-refractivity contribution in [3.8, 4) is 0 Å². The lowest BCUT2D eigenvalue weighted by atomic mass is 9.96. The molecular formula is C18H15BrN2O5. The lowest BCUT2D eigenvalue weighted by Gasteiger charge is -2.25. The van der Waals surface area contributed by atoms with E-state index in [9.17, 15) is 14.9 Å². The first kappa shape index (κ1) is 17.9. The van der Waals surface area contributed by atoms with Crippen molar-refractivity contribution in [2.75, 3.05) is 0 Å². The molecule has 3 rings (SSSR count). The quantitative estimate of drug-likeness (QED) is 0.574. The maximum absolute atomic E-state index is 12.7. The third-order valence-corrected chi connectivity index (χ3v) is 4.57. The topological polar surface area (TPSA) is 90.7 Å². The smallest absolute Gasteiger partial charge is 0.284 e. The number of halogens is 1. The summed E-state index contributed by atoms with van der Waals surface area (Å²) in [7, 11) is 0. The number of carbonyl (C=O) groups excluding carboxylic acids is 1. The van der Waals surface area contributed by atoms with Crippen molar-refractivity contribution in [3.63, 3.8) is 0 Å². The van der Waals surface area contributed by atoms with Crippen LogP contribution in [0, 0.1) is 10.1 Å². The molecule has 26 heavy (non-hydrogen) atoms. The molecule has 1 aromatic rings. The van der Waals surface area contributed by atoms with Crippen LogP contribution in [0.4, 0.5) is 5.69 Å². The van der Waals surface area contributed by atoms with Gasteiger partial charge in [-0.1, -0.05) is 18.2 Å². The Morgan fingerprint density at radius 2 is 2.19 bits per heavy atom. The van der Waals surface area contributed by atoms with E-state index in [-0.39, 0.29) is 11.3 Å². The lowest BCUT2D eigenvalue weighted by Crippen LogP contribution is -2.38. The fourth-order valence-corrected chi connectivity index (χ4v) is 3.02. The Bertz CT molecular complexity index is 857. The van der Waals surface area contributed by atoms with Gasteiger partial charge >= 0.3 is 0 Å². The summed E-state index contributed by atoms with van der Waals surface area (Å²) in [5, 5.41) is 14.0. The van der Waals surface area contributed by atoms with Crippen LogP contribution in [0.2, 0.25) is 0 Å². The summed E-state index contributed by atoms with van der Waals surface area (Å²) in [5.74, 6) is -0.00545. The number of nitrogens with zero attached hydrogens (tertiary/aromatic N) is 1. The van der Waals surface area contributed by atoms with Crippen LogP contribution >= 0.6 is 15.9 Å². The van der Waals surface area contributed by atoms with Crippen LogP contribution in [-0.4, -0.2) is 16.9 Å². The van der Waals surface area contributed by atoms with Gasteiger partial charge in [-0.15, -0.1) is 0 Å². The second-order valence-corrected chi connectivity index (χ2v) is 6.44. The van der Waals surface area contributed by atoms with Crippen molar-refractivity contribution in [1.82, 2.24) is 5.32 Å². The largest absolute Gasteiger partial charge is 0.466 e. The lowest BCUT2D eigenvalue weighted by molar-refractivity contribution is -0.385. The maximum Gasteiger partial charge on any atom is 0.284 e. The van der Waals surface area contributed by atoms with Crippen molar-refractivity contribution in [1.29, 1.82) is 0 Å². The molecule has 0 spiro atoms. The monoisotopic (exact) mass is 418 g/mol. The average Bonchev–Trinajstić information content (AvgIpc) is 2.67. The molecular weight excluding hydrogens is 404 g/mol. The molecule has 1 amide bonds. The molecule has 1 aliphatic heterocycles. The first-order valence-corrected chi connectivity index (χ1v) is 8.63. The number of ether oxygens (including phenoxy) is 2. The van der Waals surface area contributed by atoms with Gasteiger partial charge in [-0.2, -0.15) is 0 Å². The van der Waals surface area contributed by atoms with Crippen LogP contribution in [0.25, 0.3) is 0 Å². The second-order valence-electron chi connectivity index (χ2n) is 5.58. The predicted molar refractivity (Wildman–Crippen MR) is 97.9 cm³/mol. The molecule has 0 saturated heterocycles. The standard InChI is InChI=1S/C18H15BrN2O5/c19-14-7-6-13(10-15(14)21(23)24)18(22)20-17(12-4-2-1-3-5-12)16-11-25-8-9-26-16/h1-2,4,6-11,17H,3,5H2,(H,20,22). The van der Waals surface area contributed by atoms with Gasteiger partial charge in [-0.25, -0.2) is 0 Å². The third kappa shape index (κ3) is 4.02. The summed E-state index contributed by atoms with van der Waals surface area (Å²) in [4.78, 5) is 23.2. The molecule has 1 N–H and O–H groups in total. The Hall–Kier alpha value is -2.87. The van der Waals surface area contributed by atoms with Crippen LogP contribution in [0.3, 0.4) is 0 Å². The molecule has 0 fully saturated rings. The van der Waals surface area contributed by atoms with Crippen LogP contribution in [0.1, 0.15) is 23.2 Å². The highest BCUT2D eigenvalue weighted by atomic mass is 79.9. The number of amides is 1. The van der Waals surface area contributed by atoms with Crippen LogP contribution in [0.5, 0.6) is 0 Å². The number of nitrogens with one attached hydrogen (secondary N) is 1. The maximum atomic E-state index is 12.7. The second kappa shape index (κ2) is 8.01. The molecule has 8 heteroatoms. The van der Waals surface area contributed by atoms with Gasteiger partial charge < -0.3 is 14.8 Å². The van der Waals surface area contributed by atoms with Gasteiger partial charge in [-0.05, 0) is 46.5 Å². The van der Waals surface area contributed by atoms with E-state index in [2.05, 4.69) is 21.2 Å². The number of rotatable bonds is 5. The number of hydrogen-bond donors (Lipinski definition) is 1. The molecule has 2 aliphatic rings. The molecule has 0 radical (unpaired) electrons. The molecule has 7 nitrogen and oxygen atoms in total. The molecule has 0 bridgehead atoms. The van der Waals surface area contributed by atoms with E-state index in [1.165, 1.54) is 37.0 Å². The zero-order valence-electron chi connectivity index (χ0n) is 13.6. The zero-order chi connectivity index (χ0) is 18.5.